The number of furan rings is 1. The Morgan fingerprint density at radius 3 is 2.53 bits per heavy atom. The molecule has 1 aliphatic rings. The third kappa shape index (κ3) is 2.09. The second-order valence-corrected chi connectivity index (χ2v) is 4.16. The maximum atomic E-state index is 6.11. The summed E-state index contributed by atoms with van der Waals surface area (Å²) in [7, 11) is 0. The van der Waals surface area contributed by atoms with Crippen LogP contribution < -0.4 is 0 Å². The fraction of sp³-hybridized carbons (Fsp3) is 0.231. The van der Waals surface area contributed by atoms with Crippen LogP contribution in [0, 0.1) is 0 Å². The summed E-state index contributed by atoms with van der Waals surface area (Å²) >= 11 is 6.11. The first-order chi connectivity index (χ1) is 8.34. The predicted molar refractivity (Wildman–Crippen MR) is 63.8 cm³/mol. The lowest BCUT2D eigenvalue weighted by Gasteiger charge is -2.05. The molecular weight excluding hydrogens is 240 g/mol. The highest BCUT2D eigenvalue weighted by Gasteiger charge is 2.22. The van der Waals surface area contributed by atoms with E-state index >= 15 is 0 Å². The molecule has 1 saturated heterocycles. The lowest BCUT2D eigenvalue weighted by atomic mass is 10.2. The first-order valence-electron chi connectivity index (χ1n) is 5.42. The van der Waals surface area contributed by atoms with Gasteiger partial charge >= 0.3 is 0 Å². The molecule has 3 rings (SSSR count). The van der Waals surface area contributed by atoms with Gasteiger partial charge in [0.1, 0.15) is 5.76 Å². The van der Waals surface area contributed by atoms with Crippen molar-refractivity contribution in [1.82, 2.24) is 0 Å². The molecule has 0 saturated carbocycles. The Morgan fingerprint density at radius 2 is 1.76 bits per heavy atom. The number of hydrogen-bond donors (Lipinski definition) is 0. The molecule has 1 fully saturated rings. The highest BCUT2D eigenvalue weighted by molar-refractivity contribution is 6.33. The van der Waals surface area contributed by atoms with Crippen molar-refractivity contribution in [2.75, 3.05) is 13.2 Å². The molecule has 2 aromatic rings. The number of ether oxygens (including phenoxy) is 2. The van der Waals surface area contributed by atoms with Crippen LogP contribution >= 0.6 is 11.6 Å². The molecule has 0 aliphatic carbocycles. The van der Waals surface area contributed by atoms with Crippen LogP contribution in [0.1, 0.15) is 12.1 Å². The second-order valence-electron chi connectivity index (χ2n) is 3.76. The van der Waals surface area contributed by atoms with E-state index in [0.717, 1.165) is 11.3 Å². The lowest BCUT2D eigenvalue weighted by Crippen LogP contribution is -1.94. The Balaban J connectivity index is 1.92. The lowest BCUT2D eigenvalue weighted by molar-refractivity contribution is -0.0585. The van der Waals surface area contributed by atoms with Gasteiger partial charge in [-0.05, 0) is 24.3 Å². The molecule has 1 aromatic heterocycles. The fourth-order valence-electron chi connectivity index (χ4n) is 1.81. The predicted octanol–water partition coefficient (Wildman–Crippen LogP) is 3.65. The molecule has 0 bridgehead atoms. The van der Waals surface area contributed by atoms with Crippen LogP contribution in [-0.4, -0.2) is 13.2 Å². The number of rotatable bonds is 2. The van der Waals surface area contributed by atoms with Crippen molar-refractivity contribution in [2.24, 2.45) is 0 Å². The van der Waals surface area contributed by atoms with Gasteiger partial charge in [-0.3, -0.25) is 0 Å². The summed E-state index contributed by atoms with van der Waals surface area (Å²) in [6.07, 6.45) is -0.383. The molecule has 0 radical (unpaired) electrons. The van der Waals surface area contributed by atoms with Crippen LogP contribution in [0.3, 0.4) is 0 Å². The molecule has 1 aliphatic heterocycles. The Morgan fingerprint density at radius 1 is 1.00 bits per heavy atom. The Hall–Kier alpha value is -1.29. The standard InChI is InChI=1S/C13H11ClO3/c14-10-4-2-1-3-9(10)11-5-6-12(17-11)13-15-7-8-16-13/h1-6,13H,7-8H2. The third-order valence-electron chi connectivity index (χ3n) is 2.62. The molecule has 0 unspecified atom stereocenters. The maximum absolute atomic E-state index is 6.11. The smallest absolute Gasteiger partial charge is 0.217 e. The first-order valence-corrected chi connectivity index (χ1v) is 5.80. The number of halogens is 1. The van der Waals surface area contributed by atoms with Crippen LogP contribution in [0.5, 0.6) is 0 Å². The van der Waals surface area contributed by atoms with E-state index in [-0.39, 0.29) is 6.29 Å². The van der Waals surface area contributed by atoms with Gasteiger partial charge in [0.2, 0.25) is 6.29 Å². The van der Waals surface area contributed by atoms with E-state index in [9.17, 15) is 0 Å². The molecule has 2 heterocycles. The summed E-state index contributed by atoms with van der Waals surface area (Å²) in [5.74, 6) is 1.40. The number of benzene rings is 1. The van der Waals surface area contributed by atoms with Crippen molar-refractivity contribution < 1.29 is 13.9 Å². The van der Waals surface area contributed by atoms with Crippen molar-refractivity contribution in [3.05, 3.63) is 47.2 Å². The minimum atomic E-state index is -0.383. The highest BCUT2D eigenvalue weighted by Crippen LogP contribution is 2.32. The van der Waals surface area contributed by atoms with Crippen LogP contribution in [0.4, 0.5) is 0 Å². The average molecular weight is 251 g/mol. The first kappa shape index (κ1) is 10.8. The number of hydrogen-bond acceptors (Lipinski definition) is 3. The van der Waals surface area contributed by atoms with E-state index in [1.54, 1.807) is 0 Å². The van der Waals surface area contributed by atoms with Gasteiger partial charge in [0.15, 0.2) is 5.76 Å². The van der Waals surface area contributed by atoms with Crippen molar-refractivity contribution in [3.63, 3.8) is 0 Å². The van der Waals surface area contributed by atoms with Gasteiger partial charge in [0.05, 0.1) is 18.2 Å². The van der Waals surface area contributed by atoms with Crippen molar-refractivity contribution >= 4 is 11.6 Å². The Labute approximate surface area is 104 Å². The summed E-state index contributed by atoms with van der Waals surface area (Å²) in [6, 6.07) is 11.3. The fourth-order valence-corrected chi connectivity index (χ4v) is 2.04. The molecule has 0 atom stereocenters. The van der Waals surface area contributed by atoms with E-state index in [2.05, 4.69) is 0 Å². The van der Waals surface area contributed by atoms with E-state index in [1.807, 2.05) is 36.4 Å². The van der Waals surface area contributed by atoms with Gasteiger partial charge < -0.3 is 13.9 Å². The topological polar surface area (TPSA) is 31.6 Å². The minimum absolute atomic E-state index is 0.383. The zero-order valence-electron chi connectivity index (χ0n) is 9.06. The van der Waals surface area contributed by atoms with Crippen molar-refractivity contribution in [2.45, 2.75) is 6.29 Å². The summed E-state index contributed by atoms with van der Waals surface area (Å²) in [5.41, 5.74) is 0.874. The SMILES string of the molecule is Clc1ccccc1-c1ccc(C2OCCO2)o1. The molecule has 4 heteroatoms. The molecule has 3 nitrogen and oxygen atoms in total. The molecule has 1 aromatic carbocycles. The largest absolute Gasteiger partial charge is 0.456 e. The van der Waals surface area contributed by atoms with Gasteiger partial charge in [-0.1, -0.05) is 23.7 Å². The summed E-state index contributed by atoms with van der Waals surface area (Å²) < 4.78 is 16.4. The monoisotopic (exact) mass is 250 g/mol. The van der Waals surface area contributed by atoms with Gasteiger partial charge in [-0.2, -0.15) is 0 Å². The van der Waals surface area contributed by atoms with Crippen LogP contribution in [0.2, 0.25) is 5.02 Å². The quantitative estimate of drug-likeness (QED) is 0.815. The average Bonchev–Trinajstić information content (AvgIpc) is 3.00. The summed E-state index contributed by atoms with van der Waals surface area (Å²) in [4.78, 5) is 0. The Bertz CT molecular complexity index is 515. The molecular formula is C13H11ClO3. The van der Waals surface area contributed by atoms with Gasteiger partial charge in [-0.15, -0.1) is 0 Å². The zero-order chi connectivity index (χ0) is 11.7. The van der Waals surface area contributed by atoms with Gasteiger partial charge in [-0.25, -0.2) is 0 Å². The van der Waals surface area contributed by atoms with Crippen LogP contribution in [0.25, 0.3) is 11.3 Å². The van der Waals surface area contributed by atoms with Crippen molar-refractivity contribution in [3.8, 4) is 11.3 Å². The Kier molecular flexibility index (Phi) is 2.89. The van der Waals surface area contributed by atoms with E-state index in [0.29, 0.717) is 24.0 Å². The molecule has 17 heavy (non-hydrogen) atoms. The van der Waals surface area contributed by atoms with E-state index in [1.165, 1.54) is 0 Å². The molecule has 0 N–H and O–H groups in total. The van der Waals surface area contributed by atoms with Gasteiger partial charge in [0, 0.05) is 5.56 Å². The minimum Gasteiger partial charge on any atom is -0.456 e. The zero-order valence-corrected chi connectivity index (χ0v) is 9.81. The second kappa shape index (κ2) is 4.53. The summed E-state index contributed by atoms with van der Waals surface area (Å²) in [6.45, 7) is 1.21. The highest BCUT2D eigenvalue weighted by atomic mass is 35.5. The normalized spacial score (nSPS) is 16.5. The third-order valence-corrected chi connectivity index (χ3v) is 2.95. The molecule has 0 spiro atoms. The van der Waals surface area contributed by atoms with E-state index < -0.39 is 0 Å². The molecule has 88 valence electrons. The van der Waals surface area contributed by atoms with Crippen LogP contribution in [-0.2, 0) is 9.47 Å². The summed E-state index contributed by atoms with van der Waals surface area (Å²) in [5, 5.41) is 0.668. The van der Waals surface area contributed by atoms with E-state index in [4.69, 9.17) is 25.5 Å². The van der Waals surface area contributed by atoms with Crippen LogP contribution in [0.15, 0.2) is 40.8 Å². The molecule has 0 amide bonds. The maximum Gasteiger partial charge on any atom is 0.217 e. The van der Waals surface area contributed by atoms with Gasteiger partial charge in [0.25, 0.3) is 0 Å². The van der Waals surface area contributed by atoms with Crippen molar-refractivity contribution in [1.29, 1.82) is 0 Å².